The predicted octanol–water partition coefficient (Wildman–Crippen LogP) is 2.38. The molecule has 0 spiro atoms. The second-order valence-electron chi connectivity index (χ2n) is 2.83. The summed E-state index contributed by atoms with van der Waals surface area (Å²) in [6.45, 7) is 1.77. The lowest BCUT2D eigenvalue weighted by atomic mass is 10.2. The Hall–Kier alpha value is -1.79. The Labute approximate surface area is 88.4 Å². The molecule has 0 unspecified atom stereocenters. The van der Waals surface area contributed by atoms with Crippen LogP contribution in [0.3, 0.4) is 0 Å². The summed E-state index contributed by atoms with van der Waals surface area (Å²) in [5.74, 6) is -6.45. The Kier molecular flexibility index (Phi) is 3.70. The van der Waals surface area contributed by atoms with Gasteiger partial charge in [0.2, 0.25) is 0 Å². The highest BCUT2D eigenvalue weighted by Gasteiger charge is 2.20. The highest BCUT2D eigenvalue weighted by Crippen LogP contribution is 2.23. The van der Waals surface area contributed by atoms with Crippen molar-refractivity contribution in [2.45, 2.75) is 6.92 Å². The molecule has 0 fully saturated rings. The summed E-state index contributed by atoms with van der Waals surface area (Å²) in [5.41, 5.74) is -1.15. The van der Waals surface area contributed by atoms with Crippen LogP contribution in [0.1, 0.15) is 6.92 Å². The van der Waals surface area contributed by atoms with Crippen LogP contribution in [0.4, 0.5) is 28.0 Å². The number of rotatable bonds is 2. The molecule has 2 N–H and O–H groups in total. The lowest BCUT2D eigenvalue weighted by molar-refractivity contribution is 0.252. The fourth-order valence-electron chi connectivity index (χ4n) is 1.00. The number of hydrogen-bond acceptors (Lipinski definition) is 1. The molecule has 0 heterocycles. The average molecular weight is 236 g/mol. The average Bonchev–Trinajstić information content (AvgIpc) is 2.22. The zero-order valence-corrected chi connectivity index (χ0v) is 8.20. The topological polar surface area (TPSA) is 41.1 Å². The summed E-state index contributed by atoms with van der Waals surface area (Å²) in [6.07, 6.45) is 0. The predicted molar refractivity (Wildman–Crippen MR) is 49.0 cm³/mol. The van der Waals surface area contributed by atoms with Crippen LogP contribution >= 0.6 is 0 Å². The van der Waals surface area contributed by atoms with E-state index in [1.165, 1.54) is 0 Å². The van der Waals surface area contributed by atoms with Crippen molar-refractivity contribution in [2.75, 3.05) is 11.9 Å². The van der Waals surface area contributed by atoms with Crippen LogP contribution in [0, 0.1) is 23.3 Å². The maximum absolute atomic E-state index is 13.0. The number of hydrogen-bond donors (Lipinski definition) is 2. The van der Waals surface area contributed by atoms with Gasteiger partial charge in [0.05, 0.1) is 0 Å². The van der Waals surface area contributed by atoms with E-state index in [4.69, 9.17) is 0 Å². The quantitative estimate of drug-likeness (QED) is 0.600. The highest BCUT2D eigenvalue weighted by atomic mass is 19.2. The molecule has 0 saturated heterocycles. The molecule has 0 saturated carbocycles. The van der Waals surface area contributed by atoms with E-state index in [1.807, 2.05) is 0 Å². The van der Waals surface area contributed by atoms with Gasteiger partial charge >= 0.3 is 6.03 Å². The van der Waals surface area contributed by atoms with Crippen LogP contribution in [0.15, 0.2) is 6.07 Å². The zero-order valence-electron chi connectivity index (χ0n) is 8.20. The first-order chi connectivity index (χ1) is 7.47. The van der Waals surface area contributed by atoms with Gasteiger partial charge in [-0.05, 0) is 6.92 Å². The Balaban J connectivity index is 3.07. The van der Waals surface area contributed by atoms with Gasteiger partial charge in [-0.25, -0.2) is 22.4 Å². The summed E-state index contributed by atoms with van der Waals surface area (Å²) in [6, 6.07) is -0.890. The highest BCUT2D eigenvalue weighted by molar-refractivity contribution is 5.89. The Morgan fingerprint density at radius 2 is 1.69 bits per heavy atom. The maximum atomic E-state index is 13.0. The number of carbonyl (C=O) groups excluding carboxylic acids is 1. The maximum Gasteiger partial charge on any atom is 0.319 e. The normalized spacial score (nSPS) is 10.1. The Morgan fingerprint density at radius 1 is 1.19 bits per heavy atom. The Bertz CT molecular complexity index is 396. The number of nitrogens with one attached hydrogen (secondary N) is 2. The number of benzene rings is 1. The van der Waals surface area contributed by atoms with Crippen molar-refractivity contribution in [2.24, 2.45) is 0 Å². The molecule has 1 aromatic rings. The van der Waals surface area contributed by atoms with E-state index in [9.17, 15) is 22.4 Å². The molecular formula is C9H8F4N2O. The van der Waals surface area contributed by atoms with E-state index < -0.39 is 35.0 Å². The third-order valence-corrected chi connectivity index (χ3v) is 1.69. The van der Waals surface area contributed by atoms with Crippen LogP contribution in [-0.4, -0.2) is 12.6 Å². The molecule has 0 bridgehead atoms. The summed E-state index contributed by atoms with van der Waals surface area (Å²) in [5, 5.41) is 3.84. The fourth-order valence-corrected chi connectivity index (χ4v) is 1.00. The number of anilines is 1. The van der Waals surface area contributed by atoms with Gasteiger partial charge in [-0.15, -0.1) is 0 Å². The molecule has 7 heteroatoms. The smallest absolute Gasteiger partial charge is 0.319 e. The van der Waals surface area contributed by atoms with Crippen LogP contribution in [0.5, 0.6) is 0 Å². The summed E-state index contributed by atoms with van der Waals surface area (Å²) in [7, 11) is 0. The van der Waals surface area contributed by atoms with Gasteiger partial charge in [0, 0.05) is 12.6 Å². The fraction of sp³-hybridized carbons (Fsp3) is 0.222. The number of carbonyl (C=O) groups is 1. The van der Waals surface area contributed by atoms with Crippen LogP contribution in [-0.2, 0) is 0 Å². The van der Waals surface area contributed by atoms with Crippen LogP contribution < -0.4 is 10.6 Å². The lowest BCUT2D eigenvalue weighted by Crippen LogP contribution is -2.29. The molecule has 0 radical (unpaired) electrons. The van der Waals surface area contributed by atoms with E-state index in [-0.39, 0.29) is 12.6 Å². The summed E-state index contributed by atoms with van der Waals surface area (Å²) >= 11 is 0. The van der Waals surface area contributed by atoms with Gasteiger partial charge in [0.25, 0.3) is 0 Å². The second-order valence-corrected chi connectivity index (χ2v) is 2.83. The molecule has 0 aliphatic carbocycles. The van der Waals surface area contributed by atoms with Crippen molar-refractivity contribution < 1.29 is 22.4 Å². The summed E-state index contributed by atoms with van der Waals surface area (Å²) in [4.78, 5) is 10.9. The molecule has 16 heavy (non-hydrogen) atoms. The van der Waals surface area contributed by atoms with Crippen molar-refractivity contribution in [3.8, 4) is 0 Å². The lowest BCUT2D eigenvalue weighted by Gasteiger charge is -2.08. The van der Waals surface area contributed by atoms with E-state index in [2.05, 4.69) is 5.32 Å². The van der Waals surface area contributed by atoms with Gasteiger partial charge in [-0.3, -0.25) is 0 Å². The van der Waals surface area contributed by atoms with Crippen molar-refractivity contribution >= 4 is 11.7 Å². The van der Waals surface area contributed by atoms with Gasteiger partial charge in [-0.2, -0.15) is 0 Å². The van der Waals surface area contributed by atoms with Crippen molar-refractivity contribution in [3.63, 3.8) is 0 Å². The zero-order chi connectivity index (χ0) is 12.3. The monoisotopic (exact) mass is 236 g/mol. The van der Waals surface area contributed by atoms with Gasteiger partial charge in [-0.1, -0.05) is 0 Å². The van der Waals surface area contributed by atoms with E-state index in [1.54, 1.807) is 12.2 Å². The SMILES string of the molecule is CCNC(=O)Nc1c(F)c(F)cc(F)c1F. The van der Waals surface area contributed by atoms with Gasteiger partial charge < -0.3 is 10.6 Å². The molecule has 0 aliphatic heterocycles. The van der Waals surface area contributed by atoms with Crippen molar-refractivity contribution in [1.29, 1.82) is 0 Å². The molecule has 0 aromatic heterocycles. The first kappa shape index (κ1) is 12.3. The van der Waals surface area contributed by atoms with Gasteiger partial charge in [0.1, 0.15) is 5.69 Å². The number of halogens is 4. The van der Waals surface area contributed by atoms with Crippen LogP contribution in [0.25, 0.3) is 0 Å². The van der Waals surface area contributed by atoms with E-state index >= 15 is 0 Å². The molecule has 88 valence electrons. The van der Waals surface area contributed by atoms with E-state index in [0.29, 0.717) is 0 Å². The van der Waals surface area contributed by atoms with Crippen LogP contribution in [0.2, 0.25) is 0 Å². The molecule has 0 aliphatic rings. The molecule has 3 nitrogen and oxygen atoms in total. The third kappa shape index (κ3) is 2.41. The first-order valence-corrected chi connectivity index (χ1v) is 4.35. The molecule has 0 atom stereocenters. The first-order valence-electron chi connectivity index (χ1n) is 4.35. The van der Waals surface area contributed by atoms with Crippen molar-refractivity contribution in [1.82, 2.24) is 5.32 Å². The number of urea groups is 1. The largest absolute Gasteiger partial charge is 0.338 e. The van der Waals surface area contributed by atoms with Gasteiger partial charge in [0.15, 0.2) is 23.3 Å². The van der Waals surface area contributed by atoms with Crippen molar-refractivity contribution in [3.05, 3.63) is 29.3 Å². The Morgan fingerprint density at radius 3 is 2.12 bits per heavy atom. The standard InChI is InChI=1S/C9H8F4N2O/c1-2-14-9(16)15-8-6(12)4(10)3-5(11)7(8)13/h3H,2H2,1H3,(H2,14,15,16). The minimum absolute atomic E-state index is 0.0631. The van der Waals surface area contributed by atoms with E-state index in [0.717, 1.165) is 0 Å². The second kappa shape index (κ2) is 4.82. The molecule has 2 amide bonds. The summed E-state index contributed by atoms with van der Waals surface area (Å²) < 4.78 is 51.4. The number of amides is 2. The minimum atomic E-state index is -1.65. The third-order valence-electron chi connectivity index (χ3n) is 1.69. The minimum Gasteiger partial charge on any atom is -0.338 e. The molecular weight excluding hydrogens is 228 g/mol. The molecule has 1 rings (SSSR count). The molecule has 1 aromatic carbocycles.